The lowest BCUT2D eigenvalue weighted by molar-refractivity contribution is -0.139. The van der Waals surface area contributed by atoms with Gasteiger partial charge in [0.05, 0.1) is 17.6 Å². The number of carboxylic acid groups (broad SMARTS) is 1. The number of fused-ring (bicyclic) bond motifs is 1. The number of carboxylic acids is 1. The van der Waals surface area contributed by atoms with Gasteiger partial charge in [-0.15, -0.1) is 0 Å². The van der Waals surface area contributed by atoms with E-state index < -0.39 is 11.9 Å². The van der Waals surface area contributed by atoms with E-state index in [2.05, 4.69) is 8.75 Å². The standard InChI is InChI=1S/C11H12N2O2S/c1-2-3-8(11(14)15)7-4-5-9-10(6-7)13-16-12-9/h4-6,8H,2-3H2,1H3,(H,14,15). The van der Waals surface area contributed by atoms with Gasteiger partial charge >= 0.3 is 5.97 Å². The molecule has 1 aromatic heterocycles. The molecule has 1 heterocycles. The van der Waals surface area contributed by atoms with Crippen LogP contribution in [0, 0.1) is 0 Å². The molecule has 1 atom stereocenters. The maximum absolute atomic E-state index is 11.1. The summed E-state index contributed by atoms with van der Waals surface area (Å²) in [5, 5.41) is 9.15. The number of aromatic nitrogens is 2. The third-order valence-corrected chi connectivity index (χ3v) is 3.11. The minimum atomic E-state index is -0.774. The highest BCUT2D eigenvalue weighted by atomic mass is 32.1. The average Bonchev–Trinajstić information content (AvgIpc) is 2.72. The van der Waals surface area contributed by atoms with E-state index in [0.717, 1.165) is 34.7 Å². The first-order valence-electron chi connectivity index (χ1n) is 5.17. The Hall–Kier alpha value is -1.49. The van der Waals surface area contributed by atoms with Crippen molar-refractivity contribution in [2.24, 2.45) is 0 Å². The summed E-state index contributed by atoms with van der Waals surface area (Å²) in [7, 11) is 0. The van der Waals surface area contributed by atoms with Crippen molar-refractivity contribution in [3.05, 3.63) is 23.8 Å². The fraction of sp³-hybridized carbons (Fsp3) is 0.364. The Kier molecular flexibility index (Phi) is 3.14. The Bertz CT molecular complexity index is 509. The van der Waals surface area contributed by atoms with Gasteiger partial charge in [0.15, 0.2) is 0 Å². The highest BCUT2D eigenvalue weighted by Gasteiger charge is 2.19. The van der Waals surface area contributed by atoms with Crippen LogP contribution >= 0.6 is 11.7 Å². The Morgan fingerprint density at radius 3 is 2.88 bits per heavy atom. The second-order valence-corrected chi connectivity index (χ2v) is 4.22. The van der Waals surface area contributed by atoms with Gasteiger partial charge in [-0.1, -0.05) is 19.4 Å². The molecule has 0 bridgehead atoms. The zero-order chi connectivity index (χ0) is 11.5. The smallest absolute Gasteiger partial charge is 0.310 e. The van der Waals surface area contributed by atoms with Crippen molar-refractivity contribution < 1.29 is 9.90 Å². The molecular weight excluding hydrogens is 224 g/mol. The molecule has 16 heavy (non-hydrogen) atoms. The van der Waals surface area contributed by atoms with Crippen molar-refractivity contribution in [1.82, 2.24) is 8.75 Å². The molecule has 0 aliphatic carbocycles. The van der Waals surface area contributed by atoms with Crippen LogP contribution in [0.1, 0.15) is 31.2 Å². The molecule has 4 nitrogen and oxygen atoms in total. The second kappa shape index (κ2) is 4.57. The molecule has 0 saturated heterocycles. The van der Waals surface area contributed by atoms with Crippen LogP contribution in [0.25, 0.3) is 11.0 Å². The third-order valence-electron chi connectivity index (χ3n) is 2.56. The highest BCUT2D eigenvalue weighted by Crippen LogP contribution is 2.24. The SMILES string of the molecule is CCCC(C(=O)O)c1ccc2nsnc2c1. The van der Waals surface area contributed by atoms with E-state index in [1.165, 1.54) is 0 Å². The first-order valence-corrected chi connectivity index (χ1v) is 5.90. The summed E-state index contributed by atoms with van der Waals surface area (Å²) in [6, 6.07) is 5.49. The van der Waals surface area contributed by atoms with E-state index in [1.54, 1.807) is 0 Å². The van der Waals surface area contributed by atoms with Crippen molar-refractivity contribution in [3.8, 4) is 0 Å². The van der Waals surface area contributed by atoms with Crippen LogP contribution in [0.3, 0.4) is 0 Å². The Morgan fingerprint density at radius 1 is 1.44 bits per heavy atom. The lowest BCUT2D eigenvalue weighted by Crippen LogP contribution is -2.11. The summed E-state index contributed by atoms with van der Waals surface area (Å²) >= 11 is 1.15. The molecule has 2 rings (SSSR count). The lowest BCUT2D eigenvalue weighted by Gasteiger charge is -2.10. The first kappa shape index (κ1) is 11.0. The molecule has 1 N–H and O–H groups in total. The maximum Gasteiger partial charge on any atom is 0.310 e. The summed E-state index contributed by atoms with van der Waals surface area (Å²) in [4.78, 5) is 11.1. The number of hydrogen-bond donors (Lipinski definition) is 1. The van der Waals surface area contributed by atoms with E-state index in [-0.39, 0.29) is 0 Å². The zero-order valence-corrected chi connectivity index (χ0v) is 9.70. The third kappa shape index (κ3) is 2.04. The van der Waals surface area contributed by atoms with E-state index in [4.69, 9.17) is 5.11 Å². The zero-order valence-electron chi connectivity index (χ0n) is 8.88. The Morgan fingerprint density at radius 2 is 2.19 bits per heavy atom. The summed E-state index contributed by atoms with van der Waals surface area (Å²) in [5.74, 6) is -1.21. The summed E-state index contributed by atoms with van der Waals surface area (Å²) in [5.41, 5.74) is 2.42. The first-order chi connectivity index (χ1) is 7.72. The van der Waals surface area contributed by atoms with Crippen molar-refractivity contribution in [3.63, 3.8) is 0 Å². The van der Waals surface area contributed by atoms with E-state index >= 15 is 0 Å². The largest absolute Gasteiger partial charge is 0.481 e. The predicted molar refractivity (Wildman–Crippen MR) is 62.7 cm³/mol. The minimum absolute atomic E-state index is 0.434. The summed E-state index contributed by atoms with van der Waals surface area (Å²) in [6.07, 6.45) is 1.50. The van der Waals surface area contributed by atoms with Crippen LogP contribution in [0.4, 0.5) is 0 Å². The van der Waals surface area contributed by atoms with Gasteiger partial charge in [-0.2, -0.15) is 8.75 Å². The van der Waals surface area contributed by atoms with Crippen molar-refractivity contribution in [2.75, 3.05) is 0 Å². The van der Waals surface area contributed by atoms with Crippen molar-refractivity contribution >= 4 is 28.7 Å². The van der Waals surface area contributed by atoms with Gasteiger partial charge in [-0.05, 0) is 24.1 Å². The molecule has 0 aliphatic rings. The quantitative estimate of drug-likeness (QED) is 0.886. The number of nitrogens with zero attached hydrogens (tertiary/aromatic N) is 2. The highest BCUT2D eigenvalue weighted by molar-refractivity contribution is 7.00. The van der Waals surface area contributed by atoms with Crippen LogP contribution in [-0.2, 0) is 4.79 Å². The molecular formula is C11H12N2O2S. The molecule has 1 aromatic carbocycles. The topological polar surface area (TPSA) is 63.1 Å². The van der Waals surface area contributed by atoms with Crippen LogP contribution in [-0.4, -0.2) is 19.8 Å². The fourth-order valence-electron chi connectivity index (χ4n) is 1.74. The molecule has 2 aromatic rings. The summed E-state index contributed by atoms with van der Waals surface area (Å²) in [6.45, 7) is 1.98. The van der Waals surface area contributed by atoms with Gasteiger partial charge in [0.25, 0.3) is 0 Å². The van der Waals surface area contributed by atoms with Gasteiger partial charge in [0.2, 0.25) is 0 Å². The monoisotopic (exact) mass is 236 g/mol. The number of carbonyl (C=O) groups is 1. The van der Waals surface area contributed by atoms with Gasteiger partial charge < -0.3 is 5.11 Å². The maximum atomic E-state index is 11.1. The van der Waals surface area contributed by atoms with Crippen molar-refractivity contribution in [1.29, 1.82) is 0 Å². The van der Waals surface area contributed by atoms with Crippen LogP contribution in [0.15, 0.2) is 18.2 Å². The van der Waals surface area contributed by atoms with Gasteiger partial charge in [0.1, 0.15) is 11.0 Å². The van der Waals surface area contributed by atoms with Gasteiger partial charge in [0, 0.05) is 0 Å². The minimum Gasteiger partial charge on any atom is -0.481 e. The van der Waals surface area contributed by atoms with Gasteiger partial charge in [-0.3, -0.25) is 4.79 Å². The Labute approximate surface area is 97.3 Å². The Balaban J connectivity index is 2.39. The molecule has 84 valence electrons. The van der Waals surface area contributed by atoms with Crippen LogP contribution in [0.2, 0.25) is 0 Å². The van der Waals surface area contributed by atoms with E-state index in [0.29, 0.717) is 6.42 Å². The number of hydrogen-bond acceptors (Lipinski definition) is 4. The van der Waals surface area contributed by atoms with Crippen molar-refractivity contribution in [2.45, 2.75) is 25.7 Å². The number of aliphatic carboxylic acids is 1. The average molecular weight is 236 g/mol. The van der Waals surface area contributed by atoms with E-state index in [9.17, 15) is 4.79 Å². The second-order valence-electron chi connectivity index (χ2n) is 3.69. The van der Waals surface area contributed by atoms with Gasteiger partial charge in [-0.25, -0.2) is 0 Å². The summed E-state index contributed by atoms with van der Waals surface area (Å²) < 4.78 is 8.21. The molecule has 0 saturated carbocycles. The number of benzene rings is 1. The molecule has 0 fully saturated rings. The predicted octanol–water partition coefficient (Wildman–Crippen LogP) is 2.66. The molecule has 1 unspecified atom stereocenters. The molecule has 0 aliphatic heterocycles. The molecule has 0 spiro atoms. The fourth-order valence-corrected chi connectivity index (χ4v) is 2.25. The van der Waals surface area contributed by atoms with E-state index in [1.807, 2.05) is 25.1 Å². The molecule has 0 radical (unpaired) electrons. The molecule has 0 amide bonds. The van der Waals surface area contributed by atoms with Crippen LogP contribution < -0.4 is 0 Å². The molecule has 5 heteroatoms. The van der Waals surface area contributed by atoms with Crippen LogP contribution in [0.5, 0.6) is 0 Å². The number of rotatable bonds is 4. The normalized spacial score (nSPS) is 12.8. The lowest BCUT2D eigenvalue weighted by atomic mass is 9.94.